The number of hydrogen-bond donors (Lipinski definition) is 0. The van der Waals surface area contributed by atoms with E-state index in [0.717, 1.165) is 25.7 Å². The maximum absolute atomic E-state index is 11.9. The fourth-order valence-corrected chi connectivity index (χ4v) is 3.94. The first-order chi connectivity index (χ1) is 11.5. The summed E-state index contributed by atoms with van der Waals surface area (Å²) in [5.74, 6) is 0.771. The summed E-state index contributed by atoms with van der Waals surface area (Å²) < 4.78 is 5.75. The monoisotopic (exact) mass is 404 g/mol. The normalized spacial score (nSPS) is 21.7. The van der Waals surface area contributed by atoms with E-state index in [0.29, 0.717) is 11.8 Å². The Morgan fingerprint density at radius 2 is 1.78 bits per heavy atom. The van der Waals surface area contributed by atoms with Gasteiger partial charge in [0, 0.05) is 5.41 Å². The summed E-state index contributed by atoms with van der Waals surface area (Å²) in [5, 5.41) is 0. The summed E-state index contributed by atoms with van der Waals surface area (Å²) in [4.78, 5) is 11.9. The predicted octanol–water partition coefficient (Wildman–Crippen LogP) is 4.55. The van der Waals surface area contributed by atoms with Crippen molar-refractivity contribution in [2.24, 2.45) is 11.3 Å². The SMILES string of the molecule is C=C1CC(C)CC(CC)(C(C)(C)OC(=O)[C-]([CH2+])C)C1.CCCCCC.[CH3-].[K+]. The molecule has 0 amide bonds. The summed E-state index contributed by atoms with van der Waals surface area (Å²) in [6.07, 6.45) is 9.65. The topological polar surface area (TPSA) is 26.3 Å². The molecular formula is C24H45KO2. The molecule has 1 aliphatic rings. The minimum atomic E-state index is -0.491. The Balaban J connectivity index is -0.000000627. The second-order valence-electron chi connectivity index (χ2n) is 8.46. The number of rotatable bonds is 7. The minimum Gasteiger partial charge on any atom is -0.478 e. The molecule has 0 N–H and O–H groups in total. The van der Waals surface area contributed by atoms with E-state index in [9.17, 15) is 4.79 Å². The Hall–Kier alpha value is 0.586. The first-order valence-corrected chi connectivity index (χ1v) is 10.1. The van der Waals surface area contributed by atoms with E-state index in [-0.39, 0.29) is 70.2 Å². The second-order valence-corrected chi connectivity index (χ2v) is 8.46. The summed E-state index contributed by atoms with van der Waals surface area (Å²) in [7, 11) is 0. The van der Waals surface area contributed by atoms with Gasteiger partial charge in [-0.15, -0.1) is 6.92 Å². The number of ether oxygens (including phenoxy) is 1. The molecule has 0 aromatic rings. The van der Waals surface area contributed by atoms with E-state index in [1.54, 1.807) is 6.92 Å². The smallest absolute Gasteiger partial charge is 0.478 e. The van der Waals surface area contributed by atoms with Crippen LogP contribution >= 0.6 is 0 Å². The van der Waals surface area contributed by atoms with Gasteiger partial charge in [-0.05, 0) is 45.4 Å². The summed E-state index contributed by atoms with van der Waals surface area (Å²) >= 11 is 0. The molecular weight excluding hydrogens is 359 g/mol. The fourth-order valence-electron chi connectivity index (χ4n) is 3.94. The number of allylic oxidation sites excluding steroid dienone is 1. The van der Waals surface area contributed by atoms with Gasteiger partial charge in [-0.25, -0.2) is 0 Å². The Morgan fingerprint density at radius 3 is 2.11 bits per heavy atom. The van der Waals surface area contributed by atoms with Gasteiger partial charge in [0.2, 0.25) is 5.97 Å². The zero-order valence-corrected chi connectivity index (χ0v) is 23.1. The van der Waals surface area contributed by atoms with Gasteiger partial charge < -0.3 is 12.2 Å². The van der Waals surface area contributed by atoms with Crippen LogP contribution in [0.2, 0.25) is 0 Å². The molecule has 27 heavy (non-hydrogen) atoms. The Kier molecular flexibility index (Phi) is 18.4. The van der Waals surface area contributed by atoms with Crippen molar-refractivity contribution < 1.29 is 60.9 Å². The first kappa shape index (κ1) is 32.3. The van der Waals surface area contributed by atoms with Crippen LogP contribution in [0.5, 0.6) is 0 Å². The van der Waals surface area contributed by atoms with E-state index in [1.165, 1.54) is 31.3 Å². The molecule has 1 fully saturated rings. The van der Waals surface area contributed by atoms with Gasteiger partial charge in [0.25, 0.3) is 0 Å². The zero-order valence-electron chi connectivity index (χ0n) is 20.0. The van der Waals surface area contributed by atoms with E-state index < -0.39 is 5.60 Å². The molecule has 0 radical (unpaired) electrons. The first-order valence-electron chi connectivity index (χ1n) is 10.1. The standard InChI is InChI=1S/C17H28O2.C6H14.CH3.K/c1-8-17(10-13(4)9-14(5)11-17)16(6,7)19-15(18)12(2)3;1-3-5-6-4-2;;/h14H,2,4,8-11H2,1,3,5-7H3;3-6H2,1-2H3;1H3;/q;;-1;+1. The number of carbonyl (C=O) groups is 1. The van der Waals surface area contributed by atoms with Crippen LogP contribution in [0.3, 0.4) is 0 Å². The largest absolute Gasteiger partial charge is 1.00 e. The third-order valence-electron chi connectivity index (χ3n) is 5.57. The van der Waals surface area contributed by atoms with Gasteiger partial charge in [0.15, 0.2) is 0 Å². The molecule has 3 heteroatoms. The summed E-state index contributed by atoms with van der Waals surface area (Å²) in [5.41, 5.74) is 0.780. The van der Waals surface area contributed by atoms with Gasteiger partial charge in [-0.3, -0.25) is 4.79 Å². The molecule has 0 aromatic heterocycles. The molecule has 2 nitrogen and oxygen atoms in total. The summed E-state index contributed by atoms with van der Waals surface area (Å²) in [6, 6.07) is 0. The van der Waals surface area contributed by atoms with Crippen LogP contribution in [0.1, 0.15) is 99.8 Å². The average molecular weight is 405 g/mol. The van der Waals surface area contributed by atoms with Crippen molar-refractivity contribution in [3.63, 3.8) is 0 Å². The third-order valence-corrected chi connectivity index (χ3v) is 5.57. The zero-order chi connectivity index (χ0) is 19.7. The van der Waals surface area contributed by atoms with Crippen LogP contribution < -0.4 is 51.4 Å². The van der Waals surface area contributed by atoms with E-state index in [2.05, 4.69) is 41.2 Å². The Labute approximate surface area is 214 Å². The number of hydrogen-bond acceptors (Lipinski definition) is 2. The van der Waals surface area contributed by atoms with Crippen molar-refractivity contribution in [3.8, 4) is 0 Å². The van der Waals surface area contributed by atoms with Crippen molar-refractivity contribution in [2.45, 2.75) is 105 Å². The summed E-state index contributed by atoms with van der Waals surface area (Å²) in [6.45, 7) is 22.5. The van der Waals surface area contributed by atoms with Gasteiger partial charge in [0.1, 0.15) is 5.60 Å². The molecule has 1 rings (SSSR count). The number of carbonyl (C=O) groups excluding carboxylic acids is 1. The molecule has 1 saturated carbocycles. The molecule has 0 heterocycles. The molecule has 2 unspecified atom stereocenters. The van der Waals surface area contributed by atoms with Crippen LogP contribution in [-0.2, 0) is 9.53 Å². The van der Waals surface area contributed by atoms with Gasteiger partial charge in [0.05, 0.1) is 0 Å². The molecule has 154 valence electrons. The quantitative estimate of drug-likeness (QED) is 0.205. The Morgan fingerprint density at radius 1 is 1.30 bits per heavy atom. The molecule has 0 spiro atoms. The maximum Gasteiger partial charge on any atom is 1.00 e. The molecule has 1 aliphatic carbocycles. The van der Waals surface area contributed by atoms with E-state index in [4.69, 9.17) is 4.74 Å². The van der Waals surface area contributed by atoms with Gasteiger partial charge >= 0.3 is 51.4 Å². The van der Waals surface area contributed by atoms with Crippen LogP contribution in [0.25, 0.3) is 0 Å². The molecule has 2 atom stereocenters. The van der Waals surface area contributed by atoms with Gasteiger partial charge in [-0.2, -0.15) is 0 Å². The number of unbranched alkanes of at least 4 members (excludes halogenated alkanes) is 3. The van der Waals surface area contributed by atoms with E-state index in [1.807, 2.05) is 13.8 Å². The van der Waals surface area contributed by atoms with Crippen molar-refractivity contribution in [1.29, 1.82) is 0 Å². The second kappa shape index (κ2) is 15.4. The van der Waals surface area contributed by atoms with Crippen LogP contribution in [0.4, 0.5) is 0 Å². The van der Waals surface area contributed by atoms with Crippen LogP contribution in [0.15, 0.2) is 12.2 Å². The van der Waals surface area contributed by atoms with Crippen molar-refractivity contribution in [2.75, 3.05) is 0 Å². The van der Waals surface area contributed by atoms with Crippen molar-refractivity contribution in [3.05, 3.63) is 32.4 Å². The molecule has 0 aromatic carbocycles. The maximum atomic E-state index is 11.9. The molecule has 0 saturated heterocycles. The van der Waals surface area contributed by atoms with Crippen molar-refractivity contribution >= 4 is 5.97 Å². The van der Waals surface area contributed by atoms with E-state index >= 15 is 0 Å². The van der Waals surface area contributed by atoms with Crippen LogP contribution in [0, 0.1) is 31.6 Å². The molecule has 0 aliphatic heterocycles. The van der Waals surface area contributed by atoms with Gasteiger partial charge in [-0.1, -0.05) is 78.4 Å². The average Bonchev–Trinajstić information content (AvgIpc) is 2.51. The molecule has 0 bridgehead atoms. The Bertz CT molecular complexity index is 411. The third kappa shape index (κ3) is 10.8. The van der Waals surface area contributed by atoms with Crippen LogP contribution in [-0.4, -0.2) is 11.6 Å². The minimum absolute atomic E-state index is 0. The predicted molar refractivity (Wildman–Crippen MR) is 116 cm³/mol. The van der Waals surface area contributed by atoms with Crippen molar-refractivity contribution in [1.82, 2.24) is 0 Å². The number of esters is 1. The fraction of sp³-hybridized carbons (Fsp3) is 0.750.